The molecule has 0 aromatic carbocycles. The smallest absolute Gasteiger partial charge is 0.338 e. The van der Waals surface area contributed by atoms with Gasteiger partial charge >= 0.3 is 5.97 Å². The largest absolute Gasteiger partial charge is 0.478 e. The van der Waals surface area contributed by atoms with Crippen molar-refractivity contribution in [2.45, 2.75) is 0 Å². The molecule has 0 unspecified atom stereocenters. The Morgan fingerprint density at radius 3 is 2.94 bits per heavy atom. The predicted octanol–water partition coefficient (Wildman–Crippen LogP) is 0.258. The average molecular weight is 332 g/mol. The van der Waals surface area contributed by atoms with Crippen molar-refractivity contribution in [2.24, 2.45) is 0 Å². The van der Waals surface area contributed by atoms with E-state index in [0.29, 0.717) is 9.39 Å². The van der Waals surface area contributed by atoms with Crippen LogP contribution in [0.4, 0.5) is 0 Å². The lowest BCUT2D eigenvalue weighted by molar-refractivity contribution is 0.0697. The van der Waals surface area contributed by atoms with Crippen molar-refractivity contribution in [1.82, 2.24) is 19.7 Å². The zero-order valence-electron chi connectivity index (χ0n) is 7.72. The van der Waals surface area contributed by atoms with E-state index < -0.39 is 5.97 Å². The maximum absolute atomic E-state index is 11.3. The topological polar surface area (TPSA) is 101 Å². The minimum Gasteiger partial charge on any atom is -0.478 e. The molecule has 7 nitrogen and oxygen atoms in total. The lowest BCUT2D eigenvalue weighted by Gasteiger charge is -2.00. The van der Waals surface area contributed by atoms with Crippen molar-refractivity contribution >= 4 is 28.6 Å². The number of H-pyrrole nitrogens is 1. The fourth-order valence-electron chi connectivity index (χ4n) is 1.08. The van der Waals surface area contributed by atoms with E-state index in [1.54, 1.807) is 0 Å². The van der Waals surface area contributed by atoms with Crippen molar-refractivity contribution in [1.29, 1.82) is 0 Å². The molecule has 8 heteroatoms. The van der Waals surface area contributed by atoms with Gasteiger partial charge in [0.1, 0.15) is 3.57 Å². The Kier molecular flexibility index (Phi) is 2.73. The van der Waals surface area contributed by atoms with Crippen LogP contribution in [0.25, 0.3) is 5.82 Å². The highest BCUT2D eigenvalue weighted by molar-refractivity contribution is 14.1. The molecule has 16 heavy (non-hydrogen) atoms. The van der Waals surface area contributed by atoms with Crippen LogP contribution in [-0.2, 0) is 0 Å². The summed E-state index contributed by atoms with van der Waals surface area (Å²) in [6.07, 6.45) is 3.73. The molecule has 2 heterocycles. The minimum absolute atomic E-state index is 0.0397. The van der Waals surface area contributed by atoms with E-state index in [0.717, 1.165) is 0 Å². The summed E-state index contributed by atoms with van der Waals surface area (Å²) < 4.78 is 1.60. The second kappa shape index (κ2) is 4.04. The quantitative estimate of drug-likeness (QED) is 0.768. The van der Waals surface area contributed by atoms with Crippen molar-refractivity contribution < 1.29 is 9.90 Å². The van der Waals surface area contributed by atoms with E-state index in [2.05, 4.69) is 15.1 Å². The zero-order valence-corrected chi connectivity index (χ0v) is 9.87. The van der Waals surface area contributed by atoms with Crippen LogP contribution in [0.1, 0.15) is 10.4 Å². The van der Waals surface area contributed by atoms with Crippen LogP contribution in [0, 0.1) is 3.57 Å². The van der Waals surface area contributed by atoms with Crippen molar-refractivity contribution in [3.63, 3.8) is 0 Å². The molecule has 2 rings (SSSR count). The lowest BCUT2D eigenvalue weighted by Crippen LogP contribution is -2.15. The number of rotatable bonds is 2. The number of carbonyl (C=O) groups is 1. The molecule has 0 radical (unpaired) electrons. The molecule has 0 saturated carbocycles. The summed E-state index contributed by atoms with van der Waals surface area (Å²) in [6.45, 7) is 0. The first kappa shape index (κ1) is 10.8. The van der Waals surface area contributed by atoms with Crippen LogP contribution in [0.2, 0.25) is 0 Å². The Bertz CT molecular complexity index is 603. The Morgan fingerprint density at radius 2 is 2.31 bits per heavy atom. The normalized spacial score (nSPS) is 10.3. The van der Waals surface area contributed by atoms with Crippen LogP contribution in [0.3, 0.4) is 0 Å². The van der Waals surface area contributed by atoms with Gasteiger partial charge in [0, 0.05) is 6.20 Å². The number of hydrogen-bond donors (Lipinski definition) is 2. The lowest BCUT2D eigenvalue weighted by atomic mass is 10.4. The SMILES string of the molecule is O=C(O)c1cnn(-c2nc[nH]c(=O)c2I)c1. The van der Waals surface area contributed by atoms with Gasteiger partial charge in [-0.25, -0.2) is 14.5 Å². The fraction of sp³-hybridized carbons (Fsp3) is 0. The molecule has 2 aromatic rings. The monoisotopic (exact) mass is 332 g/mol. The van der Waals surface area contributed by atoms with Gasteiger partial charge in [-0.2, -0.15) is 5.10 Å². The van der Waals surface area contributed by atoms with Gasteiger partial charge in [-0.3, -0.25) is 4.79 Å². The molecule has 2 N–H and O–H groups in total. The van der Waals surface area contributed by atoms with Crippen molar-refractivity contribution in [3.05, 3.63) is 38.2 Å². The van der Waals surface area contributed by atoms with Gasteiger partial charge in [0.15, 0.2) is 5.82 Å². The summed E-state index contributed by atoms with van der Waals surface area (Å²) in [6, 6.07) is 0. The molecule has 2 aromatic heterocycles. The maximum Gasteiger partial charge on any atom is 0.338 e. The maximum atomic E-state index is 11.3. The summed E-state index contributed by atoms with van der Waals surface area (Å²) in [4.78, 5) is 28.3. The van der Waals surface area contributed by atoms with E-state index in [1.165, 1.54) is 23.4 Å². The van der Waals surface area contributed by atoms with Crippen LogP contribution < -0.4 is 5.56 Å². The third kappa shape index (κ3) is 1.83. The summed E-state index contributed by atoms with van der Waals surface area (Å²) in [5, 5.41) is 12.6. The highest BCUT2D eigenvalue weighted by Gasteiger charge is 2.11. The number of halogens is 1. The number of aromatic carboxylic acids is 1. The molecule has 0 fully saturated rings. The molecule has 0 bridgehead atoms. The molecule has 0 spiro atoms. The van der Waals surface area contributed by atoms with E-state index in [-0.39, 0.29) is 11.1 Å². The third-order valence-electron chi connectivity index (χ3n) is 1.82. The van der Waals surface area contributed by atoms with Gasteiger partial charge in [0.05, 0.1) is 18.1 Å². The molecule has 0 aliphatic heterocycles. The molecular weight excluding hydrogens is 327 g/mol. The number of aromatic nitrogens is 4. The number of nitrogens with one attached hydrogen (secondary N) is 1. The van der Waals surface area contributed by atoms with Crippen molar-refractivity contribution in [3.8, 4) is 5.82 Å². The Balaban J connectivity index is 2.55. The van der Waals surface area contributed by atoms with E-state index in [9.17, 15) is 9.59 Å². The molecule has 82 valence electrons. The van der Waals surface area contributed by atoms with Crippen LogP contribution in [0.5, 0.6) is 0 Å². The van der Waals surface area contributed by atoms with Crippen molar-refractivity contribution in [2.75, 3.05) is 0 Å². The van der Waals surface area contributed by atoms with E-state index >= 15 is 0 Å². The fourth-order valence-corrected chi connectivity index (χ4v) is 1.62. The Morgan fingerprint density at radius 1 is 1.56 bits per heavy atom. The summed E-state index contributed by atoms with van der Waals surface area (Å²) in [5.41, 5.74) is -0.254. The highest BCUT2D eigenvalue weighted by atomic mass is 127. The molecule has 0 saturated heterocycles. The van der Waals surface area contributed by atoms with E-state index in [1.807, 2.05) is 22.6 Å². The van der Waals surface area contributed by atoms with Gasteiger partial charge < -0.3 is 10.1 Å². The molecule has 0 amide bonds. The minimum atomic E-state index is -1.08. The predicted molar refractivity (Wildman–Crippen MR) is 61.7 cm³/mol. The molecule has 0 aliphatic carbocycles. The number of carboxylic acids is 1. The second-order valence-electron chi connectivity index (χ2n) is 2.85. The van der Waals surface area contributed by atoms with Gasteiger partial charge in [0.2, 0.25) is 0 Å². The standard InChI is InChI=1S/C8H5IN4O3/c9-5-6(10-3-11-7(5)14)13-2-4(1-12-13)8(15)16/h1-3H,(H,15,16)(H,10,11,14). The second-order valence-corrected chi connectivity index (χ2v) is 3.93. The van der Waals surface area contributed by atoms with Crippen LogP contribution >= 0.6 is 22.6 Å². The number of aromatic amines is 1. The van der Waals surface area contributed by atoms with Crippen LogP contribution in [0.15, 0.2) is 23.5 Å². The van der Waals surface area contributed by atoms with Gasteiger partial charge in [-0.15, -0.1) is 0 Å². The first-order valence-corrected chi connectivity index (χ1v) is 5.19. The molecular formula is C8H5IN4O3. The van der Waals surface area contributed by atoms with Gasteiger partial charge in [-0.05, 0) is 22.6 Å². The third-order valence-corrected chi connectivity index (χ3v) is 2.80. The van der Waals surface area contributed by atoms with E-state index in [4.69, 9.17) is 5.11 Å². The zero-order chi connectivity index (χ0) is 11.7. The van der Waals surface area contributed by atoms with Crippen LogP contribution in [-0.4, -0.2) is 30.8 Å². The number of nitrogens with zero attached hydrogens (tertiary/aromatic N) is 3. The first-order chi connectivity index (χ1) is 7.59. The molecule has 0 aliphatic rings. The first-order valence-electron chi connectivity index (χ1n) is 4.11. The number of hydrogen-bond acceptors (Lipinski definition) is 4. The average Bonchev–Trinajstić information content (AvgIpc) is 2.71. The van der Waals surface area contributed by atoms with Gasteiger partial charge in [0.25, 0.3) is 5.56 Å². The molecule has 0 atom stereocenters. The summed E-state index contributed by atoms with van der Waals surface area (Å²) in [7, 11) is 0. The highest BCUT2D eigenvalue weighted by Crippen LogP contribution is 2.09. The Labute approximate surface area is 102 Å². The summed E-state index contributed by atoms with van der Waals surface area (Å²) in [5.74, 6) is -0.775. The number of carboxylic acid groups (broad SMARTS) is 1. The summed E-state index contributed by atoms with van der Waals surface area (Å²) >= 11 is 1.82. The Hall–Kier alpha value is -1.71. The van der Waals surface area contributed by atoms with Gasteiger partial charge in [-0.1, -0.05) is 0 Å².